The lowest BCUT2D eigenvalue weighted by Crippen LogP contribution is -1.97. The molecule has 0 nitrogen and oxygen atoms in total. The first-order valence-corrected chi connectivity index (χ1v) is 5.38. The molecule has 0 aliphatic heterocycles. The maximum absolute atomic E-state index is 3.36. The van der Waals surface area contributed by atoms with E-state index in [0.717, 1.165) is 12.8 Å². The molecule has 0 aliphatic carbocycles. The summed E-state index contributed by atoms with van der Waals surface area (Å²) in [7, 11) is 0. The van der Waals surface area contributed by atoms with Gasteiger partial charge in [-0.05, 0) is 50.7 Å². The first-order chi connectivity index (χ1) is 6.31. The average molecular weight is 192 g/mol. The molecule has 80 valence electrons. The van der Waals surface area contributed by atoms with Gasteiger partial charge in [0.2, 0.25) is 0 Å². The Kier molecular flexibility index (Phi) is 5.57. The highest BCUT2D eigenvalue weighted by molar-refractivity contribution is 5.04. The average Bonchev–Trinajstić information content (AvgIpc) is 1.99. The molecule has 0 aromatic heterocycles. The van der Waals surface area contributed by atoms with Crippen molar-refractivity contribution in [2.75, 3.05) is 0 Å². The Hall–Kier alpha value is -0.740. The normalized spacial score (nSPS) is 10.4. The zero-order valence-corrected chi connectivity index (χ0v) is 10.6. The Balaban J connectivity index is 4.15. The van der Waals surface area contributed by atoms with E-state index >= 15 is 0 Å². The minimum atomic E-state index is 0.248. The SMILES string of the molecule is CC(=C=CC(C)(C)C)CCC=C(C)C. The zero-order valence-electron chi connectivity index (χ0n) is 10.6. The number of hydrogen-bond donors (Lipinski definition) is 0. The molecule has 0 spiro atoms. The van der Waals surface area contributed by atoms with Crippen molar-refractivity contribution in [1.82, 2.24) is 0 Å². The van der Waals surface area contributed by atoms with Crippen molar-refractivity contribution in [3.63, 3.8) is 0 Å². The predicted octanol–water partition coefficient (Wildman–Crippen LogP) is 4.88. The summed E-state index contributed by atoms with van der Waals surface area (Å²) in [6.45, 7) is 13.0. The lowest BCUT2D eigenvalue weighted by atomic mass is 9.96. The van der Waals surface area contributed by atoms with E-state index in [1.165, 1.54) is 11.1 Å². The summed E-state index contributed by atoms with van der Waals surface area (Å²) >= 11 is 0. The van der Waals surface area contributed by atoms with E-state index < -0.39 is 0 Å². The molecule has 0 bridgehead atoms. The summed E-state index contributed by atoms with van der Waals surface area (Å²) in [6, 6.07) is 0. The Labute approximate surface area is 89.4 Å². The molecule has 0 saturated carbocycles. The van der Waals surface area contributed by atoms with Gasteiger partial charge in [0.15, 0.2) is 0 Å². The minimum Gasteiger partial charge on any atom is -0.126 e. The lowest BCUT2D eigenvalue weighted by molar-refractivity contribution is 0.544. The molecular weight excluding hydrogens is 168 g/mol. The lowest BCUT2D eigenvalue weighted by Gasteiger charge is -2.08. The van der Waals surface area contributed by atoms with Crippen LogP contribution in [-0.4, -0.2) is 0 Å². The third-order valence-electron chi connectivity index (χ3n) is 1.82. The molecular formula is C14H24. The van der Waals surface area contributed by atoms with E-state index in [2.05, 4.69) is 59.4 Å². The van der Waals surface area contributed by atoms with Crippen LogP contribution >= 0.6 is 0 Å². The third-order valence-corrected chi connectivity index (χ3v) is 1.82. The van der Waals surface area contributed by atoms with Crippen LogP contribution in [0.4, 0.5) is 0 Å². The summed E-state index contributed by atoms with van der Waals surface area (Å²) < 4.78 is 0. The van der Waals surface area contributed by atoms with Gasteiger partial charge in [-0.3, -0.25) is 0 Å². The quantitative estimate of drug-likeness (QED) is 0.441. The molecule has 0 aliphatic rings. The second kappa shape index (κ2) is 5.88. The van der Waals surface area contributed by atoms with Crippen molar-refractivity contribution in [1.29, 1.82) is 0 Å². The molecule has 0 aromatic carbocycles. The molecule has 14 heavy (non-hydrogen) atoms. The van der Waals surface area contributed by atoms with Gasteiger partial charge < -0.3 is 0 Å². The minimum absolute atomic E-state index is 0.248. The zero-order chi connectivity index (χ0) is 11.2. The molecule has 0 aromatic rings. The molecule has 0 rings (SSSR count). The van der Waals surface area contributed by atoms with E-state index in [4.69, 9.17) is 0 Å². The van der Waals surface area contributed by atoms with Crippen LogP contribution in [0.15, 0.2) is 29.0 Å². The van der Waals surface area contributed by atoms with Gasteiger partial charge in [-0.25, -0.2) is 0 Å². The van der Waals surface area contributed by atoms with E-state index in [1.54, 1.807) is 0 Å². The van der Waals surface area contributed by atoms with E-state index in [0.29, 0.717) is 0 Å². The maximum atomic E-state index is 3.36. The molecule has 0 N–H and O–H groups in total. The van der Waals surface area contributed by atoms with Crippen molar-refractivity contribution in [2.24, 2.45) is 5.41 Å². The molecule has 0 amide bonds. The second-order valence-electron chi connectivity index (χ2n) is 5.26. The first-order valence-electron chi connectivity index (χ1n) is 5.38. The van der Waals surface area contributed by atoms with Crippen LogP contribution in [0.25, 0.3) is 0 Å². The van der Waals surface area contributed by atoms with E-state index in [1.807, 2.05) is 0 Å². The fraction of sp³-hybridized carbons (Fsp3) is 0.643. The van der Waals surface area contributed by atoms with Gasteiger partial charge in [0.25, 0.3) is 0 Å². The van der Waals surface area contributed by atoms with Crippen LogP contribution in [0.1, 0.15) is 54.4 Å². The summed E-state index contributed by atoms with van der Waals surface area (Å²) in [5, 5.41) is 0. The van der Waals surface area contributed by atoms with Crippen LogP contribution in [0.3, 0.4) is 0 Å². The van der Waals surface area contributed by atoms with Gasteiger partial charge >= 0.3 is 0 Å². The Morgan fingerprint density at radius 2 is 1.71 bits per heavy atom. The van der Waals surface area contributed by atoms with Crippen molar-refractivity contribution in [3.8, 4) is 0 Å². The van der Waals surface area contributed by atoms with Crippen molar-refractivity contribution in [3.05, 3.63) is 29.0 Å². The summed E-state index contributed by atoms with van der Waals surface area (Å²) in [5.74, 6) is 0. The van der Waals surface area contributed by atoms with E-state index in [-0.39, 0.29) is 5.41 Å². The Bertz CT molecular complexity index is 248. The highest BCUT2D eigenvalue weighted by atomic mass is 14.1. The molecule has 0 radical (unpaired) electrons. The monoisotopic (exact) mass is 192 g/mol. The molecule has 0 heterocycles. The smallest absolute Gasteiger partial charge is 0.0127 e. The topological polar surface area (TPSA) is 0 Å². The van der Waals surface area contributed by atoms with Gasteiger partial charge in [-0.2, -0.15) is 0 Å². The molecule has 0 atom stereocenters. The fourth-order valence-electron chi connectivity index (χ4n) is 0.989. The summed E-state index contributed by atoms with van der Waals surface area (Å²) in [4.78, 5) is 0. The Morgan fingerprint density at radius 1 is 1.14 bits per heavy atom. The largest absolute Gasteiger partial charge is 0.126 e. The van der Waals surface area contributed by atoms with Crippen LogP contribution in [0.5, 0.6) is 0 Å². The first kappa shape index (κ1) is 13.3. The number of allylic oxidation sites excluding steroid dienone is 3. The fourth-order valence-corrected chi connectivity index (χ4v) is 0.989. The molecule has 0 unspecified atom stereocenters. The van der Waals surface area contributed by atoms with Crippen molar-refractivity contribution < 1.29 is 0 Å². The van der Waals surface area contributed by atoms with Crippen LogP contribution in [0, 0.1) is 5.41 Å². The molecule has 0 saturated heterocycles. The summed E-state index contributed by atoms with van der Waals surface area (Å²) in [6.07, 6.45) is 6.70. The van der Waals surface area contributed by atoms with Crippen molar-refractivity contribution in [2.45, 2.75) is 54.4 Å². The second-order valence-corrected chi connectivity index (χ2v) is 5.26. The van der Waals surface area contributed by atoms with Crippen LogP contribution in [0.2, 0.25) is 0 Å². The number of hydrogen-bond acceptors (Lipinski definition) is 0. The van der Waals surface area contributed by atoms with Crippen molar-refractivity contribution >= 4 is 0 Å². The standard InChI is InChI=1S/C14H24/c1-12(2)8-7-9-13(3)10-11-14(4,5)6/h8,11H,7,9H2,1-6H3. The van der Waals surface area contributed by atoms with Gasteiger partial charge in [0, 0.05) is 0 Å². The van der Waals surface area contributed by atoms with Gasteiger partial charge in [-0.15, -0.1) is 5.73 Å². The third kappa shape index (κ3) is 9.35. The molecule has 0 heteroatoms. The Morgan fingerprint density at radius 3 is 2.14 bits per heavy atom. The van der Waals surface area contributed by atoms with Gasteiger partial charge in [0.1, 0.15) is 0 Å². The van der Waals surface area contributed by atoms with Gasteiger partial charge in [-0.1, -0.05) is 32.4 Å². The predicted molar refractivity (Wildman–Crippen MR) is 65.4 cm³/mol. The highest BCUT2D eigenvalue weighted by Gasteiger charge is 2.02. The van der Waals surface area contributed by atoms with Crippen LogP contribution < -0.4 is 0 Å². The molecule has 0 fully saturated rings. The highest BCUT2D eigenvalue weighted by Crippen LogP contribution is 2.14. The summed E-state index contributed by atoms with van der Waals surface area (Å²) in [5.41, 5.74) is 6.35. The van der Waals surface area contributed by atoms with Crippen LogP contribution in [-0.2, 0) is 0 Å². The van der Waals surface area contributed by atoms with E-state index in [9.17, 15) is 0 Å². The van der Waals surface area contributed by atoms with Gasteiger partial charge in [0.05, 0.1) is 0 Å². The number of rotatable bonds is 3. The maximum Gasteiger partial charge on any atom is -0.0127 e.